The van der Waals surface area contributed by atoms with Gasteiger partial charge in [-0.3, -0.25) is 9.59 Å². The number of benzene rings is 1. The number of aromatic nitrogens is 2. The molecule has 6 nitrogen and oxygen atoms in total. The smallest absolute Gasteiger partial charge is 0.293 e. The lowest BCUT2D eigenvalue weighted by Gasteiger charge is -2.10. The Labute approximate surface area is 138 Å². The molecular weight excluding hydrogens is 318 g/mol. The third-order valence-corrected chi connectivity index (χ3v) is 3.77. The first-order valence-electron chi connectivity index (χ1n) is 7.16. The number of carbonyl (C=O) groups is 1. The Bertz CT molecular complexity index is 800. The minimum atomic E-state index is -0.729. The molecule has 3 N–H and O–H groups in total. The van der Waals surface area contributed by atoms with Gasteiger partial charge in [0.25, 0.3) is 11.5 Å². The molecule has 0 unspecified atom stereocenters. The lowest BCUT2D eigenvalue weighted by atomic mass is 10.1. The van der Waals surface area contributed by atoms with Gasteiger partial charge in [0, 0.05) is 17.5 Å². The minimum Gasteiger partial charge on any atom is -0.501 e. The van der Waals surface area contributed by atoms with E-state index in [2.05, 4.69) is 15.3 Å². The summed E-state index contributed by atoms with van der Waals surface area (Å²) in [6.45, 7) is 5.75. The van der Waals surface area contributed by atoms with Crippen molar-refractivity contribution in [1.29, 1.82) is 0 Å². The summed E-state index contributed by atoms with van der Waals surface area (Å²) in [5.74, 6) is -1.04. The SMILES string of the molecule is Cc1ccc(CNC(=O)c2nc(C(C)C)[nH]c(=O)c2O)cc1Cl. The maximum atomic E-state index is 12.2. The van der Waals surface area contributed by atoms with Gasteiger partial charge in [0.2, 0.25) is 5.75 Å². The van der Waals surface area contributed by atoms with Crippen molar-refractivity contribution in [2.24, 2.45) is 0 Å². The van der Waals surface area contributed by atoms with Crippen molar-refractivity contribution in [2.75, 3.05) is 0 Å². The normalized spacial score (nSPS) is 10.8. The van der Waals surface area contributed by atoms with Gasteiger partial charge in [-0.2, -0.15) is 0 Å². The average molecular weight is 336 g/mol. The molecule has 23 heavy (non-hydrogen) atoms. The molecule has 0 fully saturated rings. The first-order chi connectivity index (χ1) is 10.8. The van der Waals surface area contributed by atoms with E-state index in [4.69, 9.17) is 11.6 Å². The van der Waals surface area contributed by atoms with Crippen molar-refractivity contribution in [3.63, 3.8) is 0 Å². The zero-order valence-electron chi connectivity index (χ0n) is 13.1. The highest BCUT2D eigenvalue weighted by Gasteiger charge is 2.18. The van der Waals surface area contributed by atoms with Gasteiger partial charge in [-0.25, -0.2) is 4.98 Å². The lowest BCUT2D eigenvalue weighted by Crippen LogP contribution is -2.27. The summed E-state index contributed by atoms with van der Waals surface area (Å²) < 4.78 is 0. The van der Waals surface area contributed by atoms with Crippen LogP contribution in [0.15, 0.2) is 23.0 Å². The predicted molar refractivity (Wildman–Crippen MR) is 88.0 cm³/mol. The van der Waals surface area contributed by atoms with Crippen LogP contribution in [0.3, 0.4) is 0 Å². The van der Waals surface area contributed by atoms with Crippen LogP contribution in [-0.2, 0) is 6.54 Å². The summed E-state index contributed by atoms with van der Waals surface area (Å²) in [7, 11) is 0. The van der Waals surface area contributed by atoms with Crippen LogP contribution in [0, 0.1) is 6.92 Å². The molecule has 0 radical (unpaired) electrons. The van der Waals surface area contributed by atoms with Gasteiger partial charge in [-0.05, 0) is 24.1 Å². The second-order valence-electron chi connectivity index (χ2n) is 5.57. The van der Waals surface area contributed by atoms with Crippen molar-refractivity contribution in [2.45, 2.75) is 33.2 Å². The van der Waals surface area contributed by atoms with Crippen LogP contribution < -0.4 is 10.9 Å². The number of halogens is 1. The minimum absolute atomic E-state index is 0.0780. The number of carbonyl (C=O) groups excluding carboxylic acids is 1. The number of nitrogens with zero attached hydrogens (tertiary/aromatic N) is 1. The van der Waals surface area contributed by atoms with Gasteiger partial charge in [0.05, 0.1) is 0 Å². The van der Waals surface area contributed by atoms with E-state index < -0.39 is 17.2 Å². The van der Waals surface area contributed by atoms with Crippen molar-refractivity contribution in [1.82, 2.24) is 15.3 Å². The molecule has 0 atom stereocenters. The molecule has 1 amide bonds. The first-order valence-corrected chi connectivity index (χ1v) is 7.53. The van der Waals surface area contributed by atoms with Crippen LogP contribution in [-0.4, -0.2) is 21.0 Å². The van der Waals surface area contributed by atoms with E-state index in [-0.39, 0.29) is 18.2 Å². The van der Waals surface area contributed by atoms with Gasteiger partial charge in [0.15, 0.2) is 5.69 Å². The van der Waals surface area contributed by atoms with E-state index in [1.165, 1.54) is 0 Å². The average Bonchev–Trinajstić information content (AvgIpc) is 2.50. The molecule has 7 heteroatoms. The van der Waals surface area contributed by atoms with Crippen molar-refractivity contribution in [3.05, 3.63) is 56.2 Å². The van der Waals surface area contributed by atoms with E-state index in [9.17, 15) is 14.7 Å². The number of rotatable bonds is 4. The standard InChI is InChI=1S/C16H18ClN3O3/c1-8(2)14-19-12(13(21)16(23)20-14)15(22)18-7-10-5-4-9(3)11(17)6-10/h4-6,8,21H,7H2,1-3H3,(H,18,22)(H,19,20,23). The Morgan fingerprint density at radius 3 is 2.74 bits per heavy atom. The van der Waals surface area contributed by atoms with Crippen LogP contribution >= 0.6 is 11.6 Å². The molecule has 0 aliphatic rings. The highest BCUT2D eigenvalue weighted by molar-refractivity contribution is 6.31. The number of aryl methyl sites for hydroxylation is 1. The Kier molecular flexibility index (Phi) is 5.05. The monoisotopic (exact) mass is 335 g/mol. The molecular formula is C16H18ClN3O3. The van der Waals surface area contributed by atoms with Crippen molar-refractivity contribution < 1.29 is 9.90 Å². The number of aromatic amines is 1. The Morgan fingerprint density at radius 2 is 2.13 bits per heavy atom. The number of hydrogen-bond acceptors (Lipinski definition) is 4. The molecule has 0 aliphatic carbocycles. The maximum absolute atomic E-state index is 12.2. The third kappa shape index (κ3) is 3.90. The molecule has 1 aromatic carbocycles. The fourth-order valence-electron chi connectivity index (χ4n) is 1.93. The molecule has 0 bridgehead atoms. The highest BCUT2D eigenvalue weighted by atomic mass is 35.5. The molecule has 0 aliphatic heterocycles. The summed E-state index contributed by atoms with van der Waals surface area (Å²) in [5, 5.41) is 13.0. The molecule has 0 saturated carbocycles. The predicted octanol–water partition coefficient (Wildman–Crippen LogP) is 2.49. The molecule has 1 heterocycles. The van der Waals surface area contributed by atoms with Gasteiger partial charge in [0.1, 0.15) is 5.82 Å². The van der Waals surface area contributed by atoms with Crippen LogP contribution in [0.1, 0.15) is 47.2 Å². The zero-order valence-corrected chi connectivity index (χ0v) is 13.9. The second-order valence-corrected chi connectivity index (χ2v) is 5.98. The molecule has 1 aromatic heterocycles. The number of nitrogens with one attached hydrogen (secondary N) is 2. The maximum Gasteiger partial charge on any atom is 0.293 e. The van der Waals surface area contributed by atoms with Crippen LogP contribution in [0.2, 0.25) is 5.02 Å². The Balaban J connectivity index is 2.20. The Hall–Kier alpha value is -2.34. The summed E-state index contributed by atoms with van der Waals surface area (Å²) >= 11 is 6.04. The summed E-state index contributed by atoms with van der Waals surface area (Å²) in [6, 6.07) is 5.44. The molecule has 122 valence electrons. The zero-order chi connectivity index (χ0) is 17.1. The first kappa shape index (κ1) is 17.0. The molecule has 2 rings (SSSR count). The third-order valence-electron chi connectivity index (χ3n) is 3.36. The summed E-state index contributed by atoms with van der Waals surface area (Å²) in [6.07, 6.45) is 0. The summed E-state index contributed by atoms with van der Waals surface area (Å²) in [4.78, 5) is 30.4. The van der Waals surface area contributed by atoms with E-state index in [1.54, 1.807) is 6.07 Å². The molecule has 2 aromatic rings. The van der Waals surface area contributed by atoms with Crippen LogP contribution in [0.25, 0.3) is 0 Å². The Morgan fingerprint density at radius 1 is 1.43 bits per heavy atom. The van der Waals surface area contributed by atoms with E-state index in [1.807, 2.05) is 32.9 Å². The van der Waals surface area contributed by atoms with Crippen LogP contribution in [0.5, 0.6) is 5.75 Å². The lowest BCUT2D eigenvalue weighted by molar-refractivity contribution is 0.0942. The van der Waals surface area contributed by atoms with Gasteiger partial charge in [-0.1, -0.05) is 37.6 Å². The molecule has 0 saturated heterocycles. The van der Waals surface area contributed by atoms with Gasteiger partial charge < -0.3 is 15.4 Å². The fourth-order valence-corrected chi connectivity index (χ4v) is 2.13. The van der Waals surface area contributed by atoms with Gasteiger partial charge >= 0.3 is 0 Å². The quantitative estimate of drug-likeness (QED) is 0.800. The number of amides is 1. The van der Waals surface area contributed by atoms with Crippen molar-refractivity contribution in [3.8, 4) is 5.75 Å². The highest BCUT2D eigenvalue weighted by Crippen LogP contribution is 2.17. The van der Waals surface area contributed by atoms with Gasteiger partial charge in [-0.15, -0.1) is 0 Å². The second kappa shape index (κ2) is 6.83. The topological polar surface area (TPSA) is 95.1 Å². The van der Waals surface area contributed by atoms with Crippen LogP contribution in [0.4, 0.5) is 0 Å². The van der Waals surface area contributed by atoms with Crippen molar-refractivity contribution >= 4 is 17.5 Å². The number of aromatic hydroxyl groups is 1. The number of H-pyrrole nitrogens is 1. The van der Waals surface area contributed by atoms with E-state index >= 15 is 0 Å². The fraction of sp³-hybridized carbons (Fsp3) is 0.312. The molecule has 0 spiro atoms. The largest absolute Gasteiger partial charge is 0.501 e. The number of hydrogen-bond donors (Lipinski definition) is 3. The van der Waals surface area contributed by atoms with E-state index in [0.717, 1.165) is 11.1 Å². The summed E-state index contributed by atoms with van der Waals surface area (Å²) in [5.41, 5.74) is 0.738. The van der Waals surface area contributed by atoms with E-state index in [0.29, 0.717) is 10.8 Å².